The number of aromatic amines is 1. The lowest BCUT2D eigenvalue weighted by Crippen LogP contribution is -2.07. The quantitative estimate of drug-likeness (QED) is 0.676. The molecule has 0 radical (unpaired) electrons. The number of nitrogens with one attached hydrogen (secondary N) is 1. The van der Waals surface area contributed by atoms with Gasteiger partial charge in [-0.1, -0.05) is 11.8 Å². The molecule has 3 aromatic rings. The van der Waals surface area contributed by atoms with Crippen molar-refractivity contribution in [1.82, 2.24) is 9.97 Å². The molecule has 3 rings (SSSR count). The van der Waals surface area contributed by atoms with Gasteiger partial charge in [-0.3, -0.25) is 4.79 Å². The largest absolute Gasteiger partial charge is 0.481 e. The van der Waals surface area contributed by atoms with Crippen molar-refractivity contribution in [3.8, 4) is 11.8 Å². The summed E-state index contributed by atoms with van der Waals surface area (Å²) >= 11 is 0. The minimum atomic E-state index is -0.833. The van der Waals surface area contributed by atoms with Crippen LogP contribution in [0.2, 0.25) is 0 Å². The second kappa shape index (κ2) is 7.84. The van der Waals surface area contributed by atoms with Crippen LogP contribution in [0.15, 0.2) is 48.8 Å². The molecule has 0 saturated carbocycles. The van der Waals surface area contributed by atoms with Crippen LogP contribution in [-0.2, 0) is 4.79 Å². The first-order valence-corrected chi connectivity index (χ1v) is 7.38. The number of anilines is 1. The first kappa shape index (κ1) is 17.1. The van der Waals surface area contributed by atoms with Gasteiger partial charge in [0.15, 0.2) is 0 Å². The summed E-state index contributed by atoms with van der Waals surface area (Å²) in [6, 6.07) is 12.2. The number of aromatic nitrogens is 2. The second-order valence-electron chi connectivity index (χ2n) is 5.35. The summed E-state index contributed by atoms with van der Waals surface area (Å²) in [6.07, 6.45) is 3.68. The van der Waals surface area contributed by atoms with E-state index in [4.69, 9.17) is 9.90 Å². The fourth-order valence-corrected chi connectivity index (χ4v) is 2.00. The molecule has 0 aliphatic carbocycles. The lowest BCUT2D eigenvalue weighted by atomic mass is 10.2. The van der Waals surface area contributed by atoms with Crippen LogP contribution in [0.4, 0.5) is 5.69 Å². The first-order chi connectivity index (χ1) is 11.5. The summed E-state index contributed by atoms with van der Waals surface area (Å²) in [5.74, 6) is 5.48. The van der Waals surface area contributed by atoms with Crippen molar-refractivity contribution < 1.29 is 9.90 Å². The number of aliphatic carboxylic acids is 1. The Morgan fingerprint density at radius 1 is 1.12 bits per heavy atom. The minimum absolute atomic E-state index is 0.833. The number of nitrogens with zero attached hydrogens (tertiary/aromatic N) is 2. The minimum Gasteiger partial charge on any atom is -0.481 e. The van der Waals surface area contributed by atoms with Gasteiger partial charge >= 0.3 is 0 Å². The van der Waals surface area contributed by atoms with E-state index in [9.17, 15) is 0 Å². The van der Waals surface area contributed by atoms with E-state index in [-0.39, 0.29) is 0 Å². The van der Waals surface area contributed by atoms with Crippen molar-refractivity contribution in [2.24, 2.45) is 0 Å². The van der Waals surface area contributed by atoms with Gasteiger partial charge in [-0.15, -0.1) is 0 Å². The Morgan fingerprint density at radius 3 is 2.38 bits per heavy atom. The Morgan fingerprint density at radius 2 is 1.75 bits per heavy atom. The van der Waals surface area contributed by atoms with E-state index in [0.29, 0.717) is 0 Å². The molecule has 0 saturated heterocycles. The molecular formula is C19H19N3O2. The maximum absolute atomic E-state index is 9.00. The third kappa shape index (κ3) is 4.89. The number of pyridine rings is 1. The fraction of sp³-hybridized carbons (Fsp3) is 0.158. The molecular weight excluding hydrogens is 302 g/mol. The zero-order valence-electron chi connectivity index (χ0n) is 13.9. The molecule has 1 aromatic carbocycles. The fourth-order valence-electron chi connectivity index (χ4n) is 2.00. The van der Waals surface area contributed by atoms with Crippen LogP contribution in [0.1, 0.15) is 18.1 Å². The van der Waals surface area contributed by atoms with Crippen LogP contribution in [0.5, 0.6) is 0 Å². The predicted octanol–water partition coefficient (Wildman–Crippen LogP) is 3.12. The molecule has 0 unspecified atom stereocenters. The third-order valence-electron chi connectivity index (χ3n) is 3.13. The zero-order chi connectivity index (χ0) is 17.5. The molecule has 0 fully saturated rings. The first-order valence-electron chi connectivity index (χ1n) is 7.38. The smallest absolute Gasteiger partial charge is 0.300 e. The van der Waals surface area contributed by atoms with E-state index in [1.165, 1.54) is 5.69 Å². The van der Waals surface area contributed by atoms with Gasteiger partial charge in [-0.05, 0) is 36.4 Å². The molecule has 0 aliphatic rings. The van der Waals surface area contributed by atoms with Crippen LogP contribution in [0.25, 0.3) is 11.0 Å². The van der Waals surface area contributed by atoms with Gasteiger partial charge in [-0.2, -0.15) is 0 Å². The zero-order valence-corrected chi connectivity index (χ0v) is 13.9. The van der Waals surface area contributed by atoms with Gasteiger partial charge in [0.1, 0.15) is 5.65 Å². The Hall–Kier alpha value is -3.26. The maximum Gasteiger partial charge on any atom is 0.300 e. The number of benzene rings is 1. The van der Waals surface area contributed by atoms with E-state index >= 15 is 0 Å². The van der Waals surface area contributed by atoms with Crippen molar-refractivity contribution in [3.05, 3.63) is 59.9 Å². The van der Waals surface area contributed by atoms with E-state index in [0.717, 1.165) is 29.1 Å². The van der Waals surface area contributed by atoms with E-state index in [1.54, 1.807) is 6.20 Å². The molecule has 0 bridgehead atoms. The highest BCUT2D eigenvalue weighted by molar-refractivity contribution is 5.76. The number of rotatable bonds is 1. The molecule has 122 valence electrons. The van der Waals surface area contributed by atoms with Crippen LogP contribution >= 0.6 is 0 Å². The summed E-state index contributed by atoms with van der Waals surface area (Å²) in [5, 5.41) is 8.50. The van der Waals surface area contributed by atoms with Crippen molar-refractivity contribution in [2.45, 2.75) is 6.92 Å². The molecule has 5 heteroatoms. The van der Waals surface area contributed by atoms with Crippen LogP contribution in [0, 0.1) is 11.8 Å². The van der Waals surface area contributed by atoms with E-state index in [2.05, 4.69) is 38.8 Å². The van der Waals surface area contributed by atoms with Crippen LogP contribution in [0.3, 0.4) is 0 Å². The topological polar surface area (TPSA) is 69.2 Å². The molecule has 0 spiro atoms. The predicted molar refractivity (Wildman–Crippen MR) is 96.2 cm³/mol. The van der Waals surface area contributed by atoms with Crippen molar-refractivity contribution in [3.63, 3.8) is 0 Å². The van der Waals surface area contributed by atoms with Gasteiger partial charge in [0.05, 0.1) is 0 Å². The molecule has 2 heterocycles. The Labute approximate surface area is 141 Å². The highest BCUT2D eigenvalue weighted by Gasteiger charge is 1.96. The van der Waals surface area contributed by atoms with Gasteiger partial charge in [0.2, 0.25) is 0 Å². The standard InChI is InChI=1S/C17H15N3.C2H4O2/c1-20(2)16-7-5-13(6-8-16)3-4-14-11-15-9-10-18-17(15)19-12-14;1-2(3)4/h5-12H,1-2H3,(H,18,19);1H3,(H,3,4). The molecule has 0 aliphatic heterocycles. The number of hydrogen-bond donors (Lipinski definition) is 2. The van der Waals surface area contributed by atoms with Crippen LogP contribution < -0.4 is 4.90 Å². The number of fused-ring (bicyclic) bond motifs is 1. The normalized spacial score (nSPS) is 9.46. The average Bonchev–Trinajstić information content (AvgIpc) is 3.00. The number of carboxylic acid groups (broad SMARTS) is 1. The molecule has 5 nitrogen and oxygen atoms in total. The summed E-state index contributed by atoms with van der Waals surface area (Å²) in [7, 11) is 4.05. The molecule has 2 aromatic heterocycles. The molecule has 0 amide bonds. The van der Waals surface area contributed by atoms with E-state index < -0.39 is 5.97 Å². The van der Waals surface area contributed by atoms with Crippen molar-refractivity contribution in [1.29, 1.82) is 0 Å². The third-order valence-corrected chi connectivity index (χ3v) is 3.13. The monoisotopic (exact) mass is 321 g/mol. The van der Waals surface area contributed by atoms with E-state index in [1.807, 2.05) is 44.6 Å². The highest BCUT2D eigenvalue weighted by Crippen LogP contribution is 2.12. The summed E-state index contributed by atoms with van der Waals surface area (Å²) in [6.45, 7) is 1.08. The van der Waals surface area contributed by atoms with Crippen molar-refractivity contribution >= 4 is 22.7 Å². The highest BCUT2D eigenvalue weighted by atomic mass is 16.4. The maximum atomic E-state index is 9.00. The number of carboxylic acids is 1. The van der Waals surface area contributed by atoms with Gasteiger partial charge in [0.25, 0.3) is 5.97 Å². The number of hydrogen-bond acceptors (Lipinski definition) is 3. The number of H-pyrrole nitrogens is 1. The Balaban J connectivity index is 0.000000471. The molecule has 0 atom stereocenters. The molecule has 24 heavy (non-hydrogen) atoms. The summed E-state index contributed by atoms with van der Waals surface area (Å²) in [4.78, 5) is 18.5. The second-order valence-corrected chi connectivity index (χ2v) is 5.35. The average molecular weight is 321 g/mol. The number of carbonyl (C=O) groups is 1. The Kier molecular flexibility index (Phi) is 5.58. The lowest BCUT2D eigenvalue weighted by molar-refractivity contribution is -0.134. The van der Waals surface area contributed by atoms with Crippen molar-refractivity contribution in [2.75, 3.05) is 19.0 Å². The van der Waals surface area contributed by atoms with Crippen LogP contribution in [-0.4, -0.2) is 35.1 Å². The van der Waals surface area contributed by atoms with Gasteiger partial charge in [-0.25, -0.2) is 4.98 Å². The van der Waals surface area contributed by atoms with Gasteiger partial charge < -0.3 is 15.0 Å². The summed E-state index contributed by atoms with van der Waals surface area (Å²) in [5.41, 5.74) is 4.00. The summed E-state index contributed by atoms with van der Waals surface area (Å²) < 4.78 is 0. The SMILES string of the molecule is CC(=O)O.CN(C)c1ccc(C#Cc2cnc3[nH]ccc3c2)cc1. The van der Waals surface area contributed by atoms with Gasteiger partial charge in [0, 0.05) is 55.6 Å². The lowest BCUT2D eigenvalue weighted by Gasteiger charge is -2.11. The molecule has 2 N–H and O–H groups in total. The Bertz CT molecular complexity index is 880.